The van der Waals surface area contributed by atoms with Crippen LogP contribution in [0, 0.1) is 6.92 Å². The van der Waals surface area contributed by atoms with Crippen molar-refractivity contribution in [1.82, 2.24) is 4.90 Å². The largest absolute Gasteiger partial charge is 0.325 e. The molecular formula is C19H21N3O2. The molecule has 0 N–H and O–H groups in total. The third-order valence-corrected chi connectivity index (χ3v) is 4.28. The van der Waals surface area contributed by atoms with E-state index in [0.29, 0.717) is 13.1 Å². The maximum absolute atomic E-state index is 12.6. The molecule has 3 amide bonds. The molecule has 0 bridgehead atoms. The molecule has 1 aliphatic rings. The molecule has 1 aliphatic heterocycles. The highest BCUT2D eigenvalue weighted by Gasteiger charge is 2.31. The van der Waals surface area contributed by atoms with Crippen LogP contribution in [-0.4, -0.2) is 43.5 Å². The van der Waals surface area contributed by atoms with Crippen molar-refractivity contribution >= 4 is 23.3 Å². The van der Waals surface area contributed by atoms with E-state index in [9.17, 15) is 9.59 Å². The van der Waals surface area contributed by atoms with E-state index >= 15 is 0 Å². The Labute approximate surface area is 142 Å². The Morgan fingerprint density at radius 3 is 2.38 bits per heavy atom. The molecule has 5 heteroatoms. The van der Waals surface area contributed by atoms with Gasteiger partial charge in [0.15, 0.2) is 0 Å². The highest BCUT2D eigenvalue weighted by atomic mass is 16.2. The number of anilines is 2. The zero-order valence-corrected chi connectivity index (χ0v) is 14.0. The lowest BCUT2D eigenvalue weighted by Gasteiger charge is -2.22. The van der Waals surface area contributed by atoms with Crippen LogP contribution < -0.4 is 9.80 Å². The second kappa shape index (κ2) is 6.74. The lowest BCUT2D eigenvalue weighted by atomic mass is 10.2. The Bertz CT molecular complexity index is 728. The molecule has 5 nitrogen and oxygen atoms in total. The van der Waals surface area contributed by atoms with Gasteiger partial charge in [0.2, 0.25) is 5.91 Å². The predicted molar refractivity (Wildman–Crippen MR) is 95.3 cm³/mol. The fraction of sp³-hybridized carbons (Fsp3) is 0.263. The Morgan fingerprint density at radius 1 is 1.04 bits per heavy atom. The van der Waals surface area contributed by atoms with E-state index in [1.165, 1.54) is 0 Å². The van der Waals surface area contributed by atoms with Crippen LogP contribution in [0.3, 0.4) is 0 Å². The van der Waals surface area contributed by atoms with Crippen LogP contribution in [0.5, 0.6) is 0 Å². The Hall–Kier alpha value is -2.82. The number of hydrogen-bond donors (Lipinski definition) is 0. The molecule has 0 aliphatic carbocycles. The number of para-hydroxylation sites is 1. The zero-order chi connectivity index (χ0) is 17.1. The second-order valence-electron chi connectivity index (χ2n) is 5.98. The van der Waals surface area contributed by atoms with Gasteiger partial charge in [-0.1, -0.05) is 35.9 Å². The van der Waals surface area contributed by atoms with Crippen molar-refractivity contribution in [2.75, 3.05) is 36.5 Å². The van der Waals surface area contributed by atoms with Crippen molar-refractivity contribution in [1.29, 1.82) is 0 Å². The van der Waals surface area contributed by atoms with E-state index < -0.39 is 0 Å². The number of nitrogens with zero attached hydrogens (tertiary/aromatic N) is 3. The summed E-state index contributed by atoms with van der Waals surface area (Å²) in [4.78, 5) is 29.9. The quantitative estimate of drug-likeness (QED) is 0.868. The van der Waals surface area contributed by atoms with E-state index in [0.717, 1.165) is 16.9 Å². The van der Waals surface area contributed by atoms with E-state index in [4.69, 9.17) is 0 Å². The first-order valence-electron chi connectivity index (χ1n) is 8.01. The molecule has 24 heavy (non-hydrogen) atoms. The average molecular weight is 323 g/mol. The lowest BCUT2D eigenvalue weighted by molar-refractivity contribution is -0.118. The Kier molecular flexibility index (Phi) is 4.51. The molecule has 1 heterocycles. The molecule has 0 saturated carbocycles. The van der Waals surface area contributed by atoms with E-state index in [2.05, 4.69) is 0 Å². The molecule has 1 fully saturated rings. The summed E-state index contributed by atoms with van der Waals surface area (Å²) in [6, 6.07) is 17.2. The number of hydrogen-bond acceptors (Lipinski definition) is 2. The van der Waals surface area contributed by atoms with Crippen molar-refractivity contribution in [3.63, 3.8) is 0 Å². The Balaban J connectivity index is 1.65. The minimum Gasteiger partial charge on any atom is -0.314 e. The van der Waals surface area contributed by atoms with E-state index in [1.54, 1.807) is 21.7 Å². The number of amides is 3. The van der Waals surface area contributed by atoms with Crippen molar-refractivity contribution in [2.24, 2.45) is 0 Å². The van der Waals surface area contributed by atoms with Gasteiger partial charge in [-0.3, -0.25) is 9.69 Å². The smallest absolute Gasteiger partial charge is 0.314 e. The van der Waals surface area contributed by atoms with Gasteiger partial charge in [0.05, 0.1) is 0 Å². The maximum atomic E-state index is 12.6. The van der Waals surface area contributed by atoms with Gasteiger partial charge in [-0.15, -0.1) is 0 Å². The van der Waals surface area contributed by atoms with Gasteiger partial charge in [-0.25, -0.2) is 4.79 Å². The summed E-state index contributed by atoms with van der Waals surface area (Å²) >= 11 is 0. The summed E-state index contributed by atoms with van der Waals surface area (Å²) in [7, 11) is 1.73. The minimum atomic E-state index is -0.117. The van der Waals surface area contributed by atoms with Gasteiger partial charge >= 0.3 is 6.03 Å². The minimum absolute atomic E-state index is 0.0899. The van der Waals surface area contributed by atoms with Crippen LogP contribution in [0.25, 0.3) is 0 Å². The molecular weight excluding hydrogens is 302 g/mol. The third kappa shape index (κ3) is 3.25. The highest BCUT2D eigenvalue weighted by Crippen LogP contribution is 2.21. The van der Waals surface area contributed by atoms with Crippen molar-refractivity contribution in [3.8, 4) is 0 Å². The molecule has 124 valence electrons. The topological polar surface area (TPSA) is 43.9 Å². The van der Waals surface area contributed by atoms with Crippen LogP contribution in [0.15, 0.2) is 54.6 Å². The number of urea groups is 1. The molecule has 0 spiro atoms. The first-order valence-corrected chi connectivity index (χ1v) is 8.01. The normalized spacial score (nSPS) is 14.2. The molecule has 3 rings (SSSR count). The lowest BCUT2D eigenvalue weighted by Crippen LogP contribution is -2.40. The standard InChI is InChI=1S/C19H21N3O2/c1-15-8-10-17(11-9-15)22-13-12-21(19(22)24)14-18(23)20(2)16-6-4-3-5-7-16/h3-11H,12-14H2,1-2H3. The van der Waals surface area contributed by atoms with Crippen LogP contribution in [-0.2, 0) is 4.79 Å². The van der Waals surface area contributed by atoms with Crippen LogP contribution >= 0.6 is 0 Å². The summed E-state index contributed by atoms with van der Waals surface area (Å²) in [6.45, 7) is 3.26. The van der Waals surface area contributed by atoms with E-state index in [1.807, 2.05) is 61.5 Å². The zero-order valence-electron chi connectivity index (χ0n) is 14.0. The van der Waals surface area contributed by atoms with Crippen LogP contribution in [0.4, 0.5) is 16.2 Å². The fourth-order valence-corrected chi connectivity index (χ4v) is 2.76. The van der Waals surface area contributed by atoms with Gasteiger partial charge in [0, 0.05) is 31.5 Å². The highest BCUT2D eigenvalue weighted by molar-refractivity contribution is 6.00. The SMILES string of the molecule is Cc1ccc(N2CCN(CC(=O)N(C)c3ccccc3)C2=O)cc1. The molecule has 0 radical (unpaired) electrons. The van der Waals surface area contributed by atoms with Crippen molar-refractivity contribution in [3.05, 3.63) is 60.2 Å². The molecule has 2 aromatic carbocycles. The van der Waals surface area contributed by atoms with Crippen molar-refractivity contribution < 1.29 is 9.59 Å². The third-order valence-electron chi connectivity index (χ3n) is 4.28. The van der Waals surface area contributed by atoms with E-state index in [-0.39, 0.29) is 18.5 Å². The average Bonchev–Trinajstić information content (AvgIpc) is 2.96. The van der Waals surface area contributed by atoms with Crippen LogP contribution in [0.2, 0.25) is 0 Å². The van der Waals surface area contributed by atoms with Gasteiger partial charge in [-0.05, 0) is 31.2 Å². The van der Waals surface area contributed by atoms with Gasteiger partial charge in [-0.2, -0.15) is 0 Å². The first kappa shape index (κ1) is 16.1. The molecule has 1 saturated heterocycles. The molecule has 0 aromatic heterocycles. The summed E-state index contributed by atoms with van der Waals surface area (Å²) in [6.07, 6.45) is 0. The number of aryl methyl sites for hydroxylation is 1. The molecule has 2 aromatic rings. The molecule has 0 atom stereocenters. The summed E-state index contributed by atoms with van der Waals surface area (Å²) in [5, 5.41) is 0. The second-order valence-corrected chi connectivity index (χ2v) is 5.98. The Morgan fingerprint density at radius 2 is 1.71 bits per heavy atom. The van der Waals surface area contributed by atoms with Crippen molar-refractivity contribution in [2.45, 2.75) is 6.92 Å². The number of benzene rings is 2. The summed E-state index contributed by atoms with van der Waals surface area (Å²) in [5.41, 5.74) is 2.85. The monoisotopic (exact) mass is 323 g/mol. The number of carbonyl (C=O) groups excluding carboxylic acids is 2. The van der Waals surface area contributed by atoms with Gasteiger partial charge in [0.25, 0.3) is 0 Å². The fourth-order valence-electron chi connectivity index (χ4n) is 2.76. The number of likely N-dealkylation sites (N-methyl/N-ethyl adjacent to an activating group) is 1. The maximum Gasteiger partial charge on any atom is 0.325 e. The van der Waals surface area contributed by atoms with Crippen LogP contribution in [0.1, 0.15) is 5.56 Å². The number of carbonyl (C=O) groups is 2. The first-order chi connectivity index (χ1) is 11.6. The van der Waals surface area contributed by atoms with Gasteiger partial charge < -0.3 is 9.80 Å². The predicted octanol–water partition coefficient (Wildman–Crippen LogP) is 2.90. The summed E-state index contributed by atoms with van der Waals surface area (Å²) in [5.74, 6) is -0.0969. The summed E-state index contributed by atoms with van der Waals surface area (Å²) < 4.78 is 0. The van der Waals surface area contributed by atoms with Gasteiger partial charge in [0.1, 0.15) is 6.54 Å². The number of rotatable bonds is 4. The molecule has 0 unspecified atom stereocenters.